The minimum Gasteiger partial charge on any atom is -0.465 e. The zero-order valence-corrected chi connectivity index (χ0v) is 12.2. The first-order valence-corrected chi connectivity index (χ1v) is 6.95. The van der Waals surface area contributed by atoms with Gasteiger partial charge in [0, 0.05) is 11.1 Å². The van der Waals surface area contributed by atoms with Crippen molar-refractivity contribution in [2.45, 2.75) is 6.54 Å². The first kappa shape index (κ1) is 14.3. The average Bonchev–Trinajstić information content (AvgIpc) is 2.89. The average molecular weight is 317 g/mol. The number of nitrogens with one attached hydrogen (secondary N) is 1. The second-order valence-corrected chi connectivity index (χ2v) is 5.28. The normalized spacial score (nSPS) is 10.8. The highest BCUT2D eigenvalue weighted by Crippen LogP contribution is 2.33. The third-order valence-electron chi connectivity index (χ3n) is 3.28. The second kappa shape index (κ2) is 5.61. The number of nitrogens with two attached hydrogens (primary N) is 1. The van der Waals surface area contributed by atoms with Crippen LogP contribution in [0.25, 0.3) is 22.1 Å². The van der Waals surface area contributed by atoms with Crippen LogP contribution >= 0.6 is 11.6 Å². The molecule has 3 rings (SSSR count). The summed E-state index contributed by atoms with van der Waals surface area (Å²) in [5.41, 5.74) is 8.86. The van der Waals surface area contributed by atoms with Gasteiger partial charge in [0.15, 0.2) is 5.58 Å². The Morgan fingerprint density at radius 1 is 1.18 bits per heavy atom. The standard InChI is InChI=1S/C16H13ClN2O3/c17-14-7-10(9-1-3-12(18)4-2-9)5-11-6-13(22-15(11)14)8-19-16(20)21/h1-7,19H,8,18H2,(H,20,21). The molecule has 4 N–H and O–H groups in total. The molecule has 0 saturated carbocycles. The van der Waals surface area contributed by atoms with E-state index in [0.717, 1.165) is 16.5 Å². The highest BCUT2D eigenvalue weighted by molar-refractivity contribution is 6.35. The minimum atomic E-state index is -1.10. The Labute approximate surface area is 131 Å². The molecule has 0 fully saturated rings. The fraction of sp³-hybridized carbons (Fsp3) is 0.0625. The van der Waals surface area contributed by atoms with E-state index in [2.05, 4.69) is 5.32 Å². The Bertz CT molecular complexity index is 840. The highest BCUT2D eigenvalue weighted by Gasteiger charge is 2.11. The largest absolute Gasteiger partial charge is 0.465 e. The topological polar surface area (TPSA) is 88.5 Å². The third kappa shape index (κ3) is 2.84. The van der Waals surface area contributed by atoms with E-state index in [9.17, 15) is 4.79 Å². The van der Waals surface area contributed by atoms with Gasteiger partial charge in [-0.15, -0.1) is 0 Å². The summed E-state index contributed by atoms with van der Waals surface area (Å²) in [7, 11) is 0. The van der Waals surface area contributed by atoms with Crippen LogP contribution in [0.1, 0.15) is 5.76 Å². The molecule has 0 spiro atoms. The number of carbonyl (C=O) groups is 1. The molecule has 112 valence electrons. The van der Waals surface area contributed by atoms with Crippen molar-refractivity contribution in [1.82, 2.24) is 5.32 Å². The molecule has 2 aromatic carbocycles. The zero-order chi connectivity index (χ0) is 15.7. The molecular weight excluding hydrogens is 304 g/mol. The number of rotatable bonds is 3. The number of hydrogen-bond donors (Lipinski definition) is 3. The van der Waals surface area contributed by atoms with Gasteiger partial charge in [-0.25, -0.2) is 4.79 Å². The SMILES string of the molecule is Nc1ccc(-c2cc(Cl)c3oc(CNC(=O)O)cc3c2)cc1. The molecule has 1 heterocycles. The van der Waals surface area contributed by atoms with Crippen molar-refractivity contribution in [3.63, 3.8) is 0 Å². The summed E-state index contributed by atoms with van der Waals surface area (Å²) in [5, 5.41) is 12.2. The second-order valence-electron chi connectivity index (χ2n) is 4.87. The van der Waals surface area contributed by atoms with E-state index < -0.39 is 6.09 Å². The highest BCUT2D eigenvalue weighted by atomic mass is 35.5. The summed E-state index contributed by atoms with van der Waals surface area (Å²) in [6.07, 6.45) is -1.10. The molecule has 3 aromatic rings. The van der Waals surface area contributed by atoms with Crippen LogP contribution in [-0.2, 0) is 6.54 Å². The van der Waals surface area contributed by atoms with Gasteiger partial charge in [0.2, 0.25) is 0 Å². The fourth-order valence-corrected chi connectivity index (χ4v) is 2.52. The van der Waals surface area contributed by atoms with Crippen molar-refractivity contribution >= 4 is 34.4 Å². The van der Waals surface area contributed by atoms with Crippen molar-refractivity contribution < 1.29 is 14.3 Å². The van der Waals surface area contributed by atoms with Crippen LogP contribution in [0, 0.1) is 0 Å². The Hall–Kier alpha value is -2.66. The van der Waals surface area contributed by atoms with Crippen LogP contribution < -0.4 is 11.1 Å². The van der Waals surface area contributed by atoms with Gasteiger partial charge in [-0.2, -0.15) is 0 Å². The number of carboxylic acid groups (broad SMARTS) is 1. The first-order chi connectivity index (χ1) is 10.5. The lowest BCUT2D eigenvalue weighted by atomic mass is 10.0. The van der Waals surface area contributed by atoms with Crippen molar-refractivity contribution in [3.05, 3.63) is 53.2 Å². The van der Waals surface area contributed by atoms with Crippen LogP contribution in [0.15, 0.2) is 46.9 Å². The van der Waals surface area contributed by atoms with Crippen LogP contribution in [0.2, 0.25) is 5.02 Å². The van der Waals surface area contributed by atoms with Gasteiger partial charge in [0.1, 0.15) is 5.76 Å². The number of hydrogen-bond acceptors (Lipinski definition) is 3. The maximum Gasteiger partial charge on any atom is 0.405 e. The number of anilines is 1. The summed E-state index contributed by atoms with van der Waals surface area (Å²) < 4.78 is 5.58. The molecule has 22 heavy (non-hydrogen) atoms. The summed E-state index contributed by atoms with van der Waals surface area (Å²) >= 11 is 6.26. The molecule has 0 aliphatic rings. The number of halogens is 1. The smallest absolute Gasteiger partial charge is 0.405 e. The van der Waals surface area contributed by atoms with Gasteiger partial charge in [-0.3, -0.25) is 0 Å². The molecule has 0 aliphatic heterocycles. The van der Waals surface area contributed by atoms with Gasteiger partial charge < -0.3 is 20.6 Å². The molecular formula is C16H13ClN2O3. The lowest BCUT2D eigenvalue weighted by molar-refractivity contribution is 0.193. The Morgan fingerprint density at radius 3 is 2.59 bits per heavy atom. The minimum absolute atomic E-state index is 0.0948. The van der Waals surface area contributed by atoms with E-state index in [1.165, 1.54) is 0 Å². The van der Waals surface area contributed by atoms with E-state index in [1.54, 1.807) is 6.07 Å². The predicted molar refractivity (Wildman–Crippen MR) is 85.9 cm³/mol. The molecule has 6 heteroatoms. The lowest BCUT2D eigenvalue weighted by Crippen LogP contribution is -2.19. The van der Waals surface area contributed by atoms with Gasteiger partial charge in [0.25, 0.3) is 0 Å². The molecule has 0 aliphatic carbocycles. The molecule has 0 radical (unpaired) electrons. The predicted octanol–water partition coefficient (Wildman–Crippen LogP) is 4.10. The Morgan fingerprint density at radius 2 is 1.91 bits per heavy atom. The van der Waals surface area contributed by atoms with Gasteiger partial charge >= 0.3 is 6.09 Å². The number of nitrogen functional groups attached to an aromatic ring is 1. The van der Waals surface area contributed by atoms with Crippen LogP contribution in [0.5, 0.6) is 0 Å². The van der Waals surface area contributed by atoms with E-state index in [1.807, 2.05) is 36.4 Å². The summed E-state index contributed by atoms with van der Waals surface area (Å²) in [6, 6.07) is 13.0. The van der Waals surface area contributed by atoms with E-state index >= 15 is 0 Å². The van der Waals surface area contributed by atoms with Crippen LogP contribution in [0.4, 0.5) is 10.5 Å². The summed E-state index contributed by atoms with van der Waals surface area (Å²) in [6.45, 7) is 0.0948. The quantitative estimate of drug-likeness (QED) is 0.635. The monoisotopic (exact) mass is 316 g/mol. The van der Waals surface area contributed by atoms with E-state index in [0.29, 0.717) is 22.1 Å². The number of fused-ring (bicyclic) bond motifs is 1. The van der Waals surface area contributed by atoms with Gasteiger partial charge in [0.05, 0.1) is 11.6 Å². The van der Waals surface area contributed by atoms with E-state index in [4.69, 9.17) is 26.9 Å². The molecule has 0 unspecified atom stereocenters. The van der Waals surface area contributed by atoms with Crippen molar-refractivity contribution in [1.29, 1.82) is 0 Å². The van der Waals surface area contributed by atoms with Crippen LogP contribution in [0.3, 0.4) is 0 Å². The van der Waals surface area contributed by atoms with Crippen molar-refractivity contribution in [2.24, 2.45) is 0 Å². The molecule has 0 bridgehead atoms. The van der Waals surface area contributed by atoms with E-state index in [-0.39, 0.29) is 6.54 Å². The number of benzene rings is 2. The number of furan rings is 1. The van der Waals surface area contributed by atoms with Gasteiger partial charge in [-0.1, -0.05) is 23.7 Å². The maximum absolute atomic E-state index is 10.5. The molecule has 0 saturated heterocycles. The maximum atomic E-state index is 10.5. The number of amides is 1. The molecule has 1 aromatic heterocycles. The van der Waals surface area contributed by atoms with Crippen molar-refractivity contribution in [3.8, 4) is 11.1 Å². The fourth-order valence-electron chi connectivity index (χ4n) is 2.26. The summed E-state index contributed by atoms with van der Waals surface area (Å²) in [4.78, 5) is 10.5. The van der Waals surface area contributed by atoms with Crippen LogP contribution in [-0.4, -0.2) is 11.2 Å². The Balaban J connectivity index is 2.00. The third-order valence-corrected chi connectivity index (χ3v) is 3.56. The first-order valence-electron chi connectivity index (χ1n) is 6.57. The summed E-state index contributed by atoms with van der Waals surface area (Å²) in [5.74, 6) is 0.508. The Kier molecular flexibility index (Phi) is 3.65. The molecule has 5 nitrogen and oxygen atoms in total. The molecule has 0 atom stereocenters. The van der Waals surface area contributed by atoms with Crippen molar-refractivity contribution in [2.75, 3.05) is 5.73 Å². The lowest BCUT2D eigenvalue weighted by Gasteiger charge is -2.03. The zero-order valence-electron chi connectivity index (χ0n) is 11.5. The van der Waals surface area contributed by atoms with Gasteiger partial charge in [-0.05, 0) is 41.5 Å². The molecule has 1 amide bonds.